The summed E-state index contributed by atoms with van der Waals surface area (Å²) in [5, 5.41) is 0. The molecule has 5 nitrogen and oxygen atoms in total. The molecule has 0 radical (unpaired) electrons. The molecule has 0 aliphatic carbocycles. The Morgan fingerprint density at radius 3 is 2.25 bits per heavy atom. The Morgan fingerprint density at radius 1 is 1.00 bits per heavy atom. The van der Waals surface area contributed by atoms with E-state index in [-0.39, 0.29) is 11.5 Å². The molecule has 0 fully saturated rings. The van der Waals surface area contributed by atoms with Gasteiger partial charge in [0.15, 0.2) is 0 Å². The number of anilines is 1. The second kappa shape index (κ2) is 6.40. The highest BCUT2D eigenvalue weighted by Crippen LogP contribution is 2.17. The van der Waals surface area contributed by atoms with Gasteiger partial charge in [0.25, 0.3) is 0 Å². The third-order valence-electron chi connectivity index (χ3n) is 2.73. The second-order valence-electron chi connectivity index (χ2n) is 4.25. The SMILES string of the molecule is NNc1ccc(OS(=O)(=O)CCc2ccccc2)cc1. The molecule has 0 heterocycles. The summed E-state index contributed by atoms with van der Waals surface area (Å²) in [6.45, 7) is 0. The molecule has 0 saturated carbocycles. The van der Waals surface area contributed by atoms with Gasteiger partial charge < -0.3 is 9.61 Å². The third-order valence-corrected chi connectivity index (χ3v) is 3.88. The molecule has 2 rings (SSSR count). The number of hydrogen-bond acceptors (Lipinski definition) is 5. The van der Waals surface area contributed by atoms with Crippen LogP contribution >= 0.6 is 0 Å². The molecule has 0 amide bonds. The standard InChI is InChI=1S/C14H16N2O3S/c15-16-13-6-8-14(9-7-13)19-20(17,18)11-10-12-4-2-1-3-5-12/h1-9,16H,10-11,15H2. The number of aryl methyl sites for hydroxylation is 1. The molecule has 3 N–H and O–H groups in total. The van der Waals surface area contributed by atoms with Crippen molar-refractivity contribution in [2.24, 2.45) is 5.84 Å². The van der Waals surface area contributed by atoms with Crippen molar-refractivity contribution in [1.82, 2.24) is 0 Å². The van der Waals surface area contributed by atoms with Crippen LogP contribution in [0.3, 0.4) is 0 Å². The van der Waals surface area contributed by atoms with E-state index < -0.39 is 10.1 Å². The maximum absolute atomic E-state index is 11.9. The number of nitrogen functional groups attached to an aromatic ring is 1. The van der Waals surface area contributed by atoms with Crippen LogP contribution in [-0.4, -0.2) is 14.2 Å². The number of hydrogen-bond donors (Lipinski definition) is 2. The van der Waals surface area contributed by atoms with Crippen LogP contribution in [0.25, 0.3) is 0 Å². The van der Waals surface area contributed by atoms with E-state index in [1.54, 1.807) is 24.3 Å². The minimum absolute atomic E-state index is 0.0616. The van der Waals surface area contributed by atoms with E-state index in [2.05, 4.69) is 5.43 Å². The van der Waals surface area contributed by atoms with E-state index in [1.165, 1.54) is 0 Å². The first-order valence-electron chi connectivity index (χ1n) is 6.12. The summed E-state index contributed by atoms with van der Waals surface area (Å²) in [4.78, 5) is 0. The number of hydrazine groups is 1. The van der Waals surface area contributed by atoms with E-state index in [1.807, 2.05) is 30.3 Å². The average Bonchev–Trinajstić information content (AvgIpc) is 2.47. The zero-order valence-corrected chi connectivity index (χ0v) is 11.6. The summed E-state index contributed by atoms with van der Waals surface area (Å²) in [5.41, 5.74) is 4.10. The van der Waals surface area contributed by atoms with Crippen molar-refractivity contribution in [2.45, 2.75) is 6.42 Å². The van der Waals surface area contributed by atoms with Crippen LogP contribution in [0.5, 0.6) is 5.75 Å². The lowest BCUT2D eigenvalue weighted by Gasteiger charge is -2.07. The third kappa shape index (κ3) is 4.25. The molecule has 6 heteroatoms. The molecule has 0 aliphatic rings. The molecule has 2 aromatic rings. The summed E-state index contributed by atoms with van der Waals surface area (Å²) in [6.07, 6.45) is 0.422. The summed E-state index contributed by atoms with van der Waals surface area (Å²) in [5.74, 6) is 5.44. The van der Waals surface area contributed by atoms with E-state index in [4.69, 9.17) is 10.0 Å². The highest BCUT2D eigenvalue weighted by molar-refractivity contribution is 7.87. The van der Waals surface area contributed by atoms with Crippen LogP contribution in [0.4, 0.5) is 5.69 Å². The van der Waals surface area contributed by atoms with Gasteiger partial charge >= 0.3 is 10.1 Å². The molecule has 0 unspecified atom stereocenters. The summed E-state index contributed by atoms with van der Waals surface area (Å²) in [7, 11) is -3.60. The predicted octanol–water partition coefficient (Wildman–Crippen LogP) is 1.92. The fourth-order valence-electron chi connectivity index (χ4n) is 1.68. The molecule has 20 heavy (non-hydrogen) atoms. The van der Waals surface area contributed by atoms with Gasteiger partial charge in [-0.05, 0) is 36.2 Å². The van der Waals surface area contributed by atoms with Crippen LogP contribution < -0.4 is 15.5 Å². The lowest BCUT2D eigenvalue weighted by atomic mass is 10.2. The molecule has 0 atom stereocenters. The lowest BCUT2D eigenvalue weighted by molar-refractivity contribution is 0.485. The van der Waals surface area contributed by atoms with Gasteiger partial charge in [-0.15, -0.1) is 0 Å². The Kier molecular flexibility index (Phi) is 4.60. The van der Waals surface area contributed by atoms with Crippen molar-refractivity contribution in [1.29, 1.82) is 0 Å². The number of rotatable bonds is 6. The highest BCUT2D eigenvalue weighted by atomic mass is 32.2. The fourth-order valence-corrected chi connectivity index (χ4v) is 2.66. The first-order chi connectivity index (χ1) is 9.59. The predicted molar refractivity (Wildman–Crippen MR) is 78.8 cm³/mol. The Balaban J connectivity index is 1.96. The molecular formula is C14H16N2O3S. The molecule has 106 valence electrons. The minimum Gasteiger partial charge on any atom is -0.382 e. The average molecular weight is 292 g/mol. The largest absolute Gasteiger partial charge is 0.382 e. The smallest absolute Gasteiger partial charge is 0.309 e. The number of benzene rings is 2. The molecule has 0 bridgehead atoms. The summed E-state index contributed by atoms with van der Waals surface area (Å²) in [6, 6.07) is 15.8. The quantitative estimate of drug-likeness (QED) is 0.483. The Labute approximate surface area is 118 Å². The molecule has 2 aromatic carbocycles. The Hall–Kier alpha value is -2.05. The normalized spacial score (nSPS) is 11.1. The second-order valence-corrected chi connectivity index (χ2v) is 5.94. The summed E-state index contributed by atoms with van der Waals surface area (Å²) >= 11 is 0. The van der Waals surface area contributed by atoms with E-state index in [9.17, 15) is 8.42 Å². The van der Waals surface area contributed by atoms with E-state index in [0.29, 0.717) is 12.1 Å². The van der Waals surface area contributed by atoms with Crippen LogP contribution in [0.1, 0.15) is 5.56 Å². The van der Waals surface area contributed by atoms with Gasteiger partial charge in [-0.25, -0.2) is 0 Å². The molecule has 0 saturated heterocycles. The highest BCUT2D eigenvalue weighted by Gasteiger charge is 2.13. The van der Waals surface area contributed by atoms with Gasteiger partial charge in [-0.3, -0.25) is 5.84 Å². The number of nitrogens with one attached hydrogen (secondary N) is 1. The van der Waals surface area contributed by atoms with E-state index in [0.717, 1.165) is 5.56 Å². The molecule has 0 spiro atoms. The Bertz CT molecular complexity index is 640. The van der Waals surface area contributed by atoms with Gasteiger partial charge in [0, 0.05) is 5.69 Å². The maximum atomic E-state index is 11.9. The van der Waals surface area contributed by atoms with Crippen LogP contribution in [0, 0.1) is 0 Å². The minimum atomic E-state index is -3.60. The van der Waals surface area contributed by atoms with Crippen LogP contribution in [-0.2, 0) is 16.5 Å². The van der Waals surface area contributed by atoms with Crippen molar-refractivity contribution in [3.8, 4) is 5.75 Å². The van der Waals surface area contributed by atoms with Gasteiger partial charge in [-0.1, -0.05) is 30.3 Å². The lowest BCUT2D eigenvalue weighted by Crippen LogP contribution is -2.15. The van der Waals surface area contributed by atoms with Crippen LogP contribution in [0.2, 0.25) is 0 Å². The molecule has 0 aliphatic heterocycles. The fraction of sp³-hybridized carbons (Fsp3) is 0.143. The van der Waals surface area contributed by atoms with Crippen molar-refractivity contribution in [2.75, 3.05) is 11.2 Å². The summed E-state index contributed by atoms with van der Waals surface area (Å²) < 4.78 is 28.8. The topological polar surface area (TPSA) is 81.4 Å². The van der Waals surface area contributed by atoms with Gasteiger partial charge in [-0.2, -0.15) is 8.42 Å². The van der Waals surface area contributed by atoms with Crippen LogP contribution in [0.15, 0.2) is 54.6 Å². The Morgan fingerprint density at radius 2 is 1.65 bits per heavy atom. The van der Waals surface area contributed by atoms with Crippen molar-refractivity contribution in [3.63, 3.8) is 0 Å². The first kappa shape index (κ1) is 14.4. The zero-order valence-electron chi connectivity index (χ0n) is 10.8. The van der Waals surface area contributed by atoms with Crippen molar-refractivity contribution < 1.29 is 12.6 Å². The molecular weight excluding hydrogens is 276 g/mol. The van der Waals surface area contributed by atoms with Gasteiger partial charge in [0.2, 0.25) is 0 Å². The van der Waals surface area contributed by atoms with Crippen molar-refractivity contribution in [3.05, 3.63) is 60.2 Å². The van der Waals surface area contributed by atoms with Crippen molar-refractivity contribution >= 4 is 15.8 Å². The zero-order chi connectivity index (χ0) is 14.4. The maximum Gasteiger partial charge on any atom is 0.309 e. The first-order valence-corrected chi connectivity index (χ1v) is 7.69. The monoisotopic (exact) mass is 292 g/mol. The number of nitrogens with two attached hydrogens (primary N) is 1. The van der Waals surface area contributed by atoms with Gasteiger partial charge in [0.05, 0.1) is 5.75 Å². The van der Waals surface area contributed by atoms with E-state index >= 15 is 0 Å². The molecule has 0 aromatic heterocycles. The van der Waals surface area contributed by atoms with Gasteiger partial charge in [0.1, 0.15) is 5.75 Å².